The van der Waals surface area contributed by atoms with E-state index < -0.39 is 0 Å². The van der Waals surface area contributed by atoms with Crippen molar-refractivity contribution in [1.29, 1.82) is 0 Å². The van der Waals surface area contributed by atoms with E-state index in [4.69, 9.17) is 4.74 Å². The number of methoxy groups -OCH3 is 1. The summed E-state index contributed by atoms with van der Waals surface area (Å²) in [5.74, 6) is 0.626. The van der Waals surface area contributed by atoms with Gasteiger partial charge in [-0.25, -0.2) is 0 Å². The second-order valence-corrected chi connectivity index (χ2v) is 6.07. The molecule has 0 aromatic heterocycles. The lowest BCUT2D eigenvalue weighted by molar-refractivity contribution is -0.121. The van der Waals surface area contributed by atoms with Crippen LogP contribution in [0, 0.1) is 0 Å². The maximum atomic E-state index is 12.1. The Morgan fingerprint density at radius 3 is 2.15 bits per heavy atom. The van der Waals surface area contributed by atoms with Crippen molar-refractivity contribution in [2.24, 2.45) is 0 Å². The van der Waals surface area contributed by atoms with Crippen LogP contribution in [0.5, 0.6) is 5.75 Å². The van der Waals surface area contributed by atoms with Gasteiger partial charge in [0.25, 0.3) is 0 Å². The Hall–Kier alpha value is -2.82. The molecule has 0 saturated heterocycles. The van der Waals surface area contributed by atoms with E-state index in [2.05, 4.69) is 12.2 Å². The maximum absolute atomic E-state index is 12.1. The van der Waals surface area contributed by atoms with Gasteiger partial charge in [-0.2, -0.15) is 0 Å². The van der Waals surface area contributed by atoms with Crippen LogP contribution in [0.3, 0.4) is 0 Å². The smallest absolute Gasteiger partial charge is 0.223 e. The van der Waals surface area contributed by atoms with Crippen LogP contribution in [0.2, 0.25) is 0 Å². The third-order valence-electron chi connectivity index (χ3n) is 4.25. The van der Waals surface area contributed by atoms with Crippen molar-refractivity contribution in [2.45, 2.75) is 33.2 Å². The number of hydrogen-bond acceptors (Lipinski definition) is 3. The van der Waals surface area contributed by atoms with Crippen LogP contribution in [0.4, 0.5) is 5.69 Å². The molecule has 5 nitrogen and oxygen atoms in total. The molecule has 2 amide bonds. The zero-order valence-electron chi connectivity index (χ0n) is 15.6. The summed E-state index contributed by atoms with van der Waals surface area (Å²) in [7, 11) is 1.62. The van der Waals surface area contributed by atoms with E-state index in [0.717, 1.165) is 23.4 Å². The minimum absolute atomic E-state index is 0.0720. The number of benzene rings is 2. The Morgan fingerprint density at radius 2 is 1.62 bits per heavy atom. The van der Waals surface area contributed by atoms with Gasteiger partial charge in [-0.05, 0) is 41.8 Å². The molecule has 5 heteroatoms. The molecule has 0 aliphatic heterocycles. The first kappa shape index (κ1) is 19.5. The number of anilines is 1. The lowest BCUT2D eigenvalue weighted by Crippen LogP contribution is -2.33. The number of hydrogen-bond donors (Lipinski definition) is 1. The number of aryl methyl sites for hydroxylation is 1. The van der Waals surface area contributed by atoms with Gasteiger partial charge in [-0.3, -0.25) is 9.59 Å². The highest BCUT2D eigenvalue weighted by atomic mass is 16.5. The summed E-state index contributed by atoms with van der Waals surface area (Å²) in [5.41, 5.74) is 3.03. The molecule has 2 aromatic carbocycles. The molecule has 0 heterocycles. The molecule has 0 bridgehead atoms. The largest absolute Gasteiger partial charge is 0.497 e. The Morgan fingerprint density at radius 1 is 1.00 bits per heavy atom. The van der Waals surface area contributed by atoms with Gasteiger partial charge in [0.1, 0.15) is 5.75 Å². The molecule has 26 heavy (non-hydrogen) atoms. The summed E-state index contributed by atoms with van der Waals surface area (Å²) in [6.07, 6.45) is 1.21. The number of carbonyl (C=O) groups excluding carboxylic acids is 2. The normalized spacial score (nSPS) is 10.3. The van der Waals surface area contributed by atoms with Gasteiger partial charge < -0.3 is 15.0 Å². The number of carbonyl (C=O) groups is 2. The van der Waals surface area contributed by atoms with Crippen molar-refractivity contribution in [3.8, 4) is 5.75 Å². The Kier molecular flexibility index (Phi) is 7.21. The average molecular weight is 354 g/mol. The highest BCUT2D eigenvalue weighted by Gasteiger charge is 2.13. The molecule has 2 rings (SSSR count). The molecular formula is C21H26N2O3. The Labute approximate surface area is 155 Å². The molecule has 0 saturated carbocycles. The zero-order chi connectivity index (χ0) is 18.9. The molecule has 0 atom stereocenters. The molecule has 0 fully saturated rings. The SMILES string of the molecule is CCc1ccc(N(CCC(=O)NCc2ccc(OC)cc2)C(C)=O)cc1. The van der Waals surface area contributed by atoms with Crippen LogP contribution in [-0.4, -0.2) is 25.5 Å². The molecule has 138 valence electrons. The van der Waals surface area contributed by atoms with Crippen LogP contribution in [-0.2, 0) is 22.6 Å². The Balaban J connectivity index is 1.87. The first-order valence-corrected chi connectivity index (χ1v) is 8.80. The fraction of sp³-hybridized carbons (Fsp3) is 0.333. The van der Waals surface area contributed by atoms with Crippen molar-refractivity contribution in [3.05, 3.63) is 59.7 Å². The van der Waals surface area contributed by atoms with E-state index in [0.29, 0.717) is 13.1 Å². The fourth-order valence-electron chi connectivity index (χ4n) is 2.63. The Bertz CT molecular complexity index is 724. The fourth-order valence-corrected chi connectivity index (χ4v) is 2.63. The summed E-state index contributed by atoms with van der Waals surface area (Å²) in [5, 5.41) is 2.88. The molecule has 2 aromatic rings. The van der Waals surface area contributed by atoms with Gasteiger partial charge in [0.15, 0.2) is 0 Å². The van der Waals surface area contributed by atoms with Gasteiger partial charge in [-0.1, -0.05) is 31.2 Å². The first-order chi connectivity index (χ1) is 12.5. The third kappa shape index (κ3) is 5.62. The molecule has 0 spiro atoms. The van der Waals surface area contributed by atoms with Crippen LogP contribution in [0.1, 0.15) is 31.4 Å². The lowest BCUT2D eigenvalue weighted by atomic mass is 10.1. The molecule has 0 aliphatic carbocycles. The maximum Gasteiger partial charge on any atom is 0.223 e. The standard InChI is InChI=1S/C21H26N2O3/c1-4-17-5-9-19(10-6-17)23(16(2)24)14-13-21(25)22-15-18-7-11-20(26-3)12-8-18/h5-12H,4,13-15H2,1-3H3,(H,22,25). The average Bonchev–Trinajstić information content (AvgIpc) is 2.67. The van der Waals surface area contributed by atoms with Crippen LogP contribution in [0.25, 0.3) is 0 Å². The molecule has 0 radical (unpaired) electrons. The topological polar surface area (TPSA) is 58.6 Å². The minimum Gasteiger partial charge on any atom is -0.497 e. The van der Waals surface area contributed by atoms with Crippen LogP contribution >= 0.6 is 0 Å². The van der Waals surface area contributed by atoms with E-state index in [1.807, 2.05) is 48.5 Å². The second kappa shape index (κ2) is 9.61. The van der Waals surface area contributed by atoms with Gasteiger partial charge in [0.05, 0.1) is 7.11 Å². The number of amides is 2. The summed E-state index contributed by atoms with van der Waals surface area (Å²) in [6.45, 7) is 4.41. The molecule has 1 N–H and O–H groups in total. The highest BCUT2D eigenvalue weighted by Crippen LogP contribution is 2.16. The predicted molar refractivity (Wildman–Crippen MR) is 103 cm³/mol. The summed E-state index contributed by atoms with van der Waals surface area (Å²) < 4.78 is 5.11. The van der Waals surface area contributed by atoms with Gasteiger partial charge >= 0.3 is 0 Å². The second-order valence-electron chi connectivity index (χ2n) is 6.07. The summed E-state index contributed by atoms with van der Waals surface area (Å²) >= 11 is 0. The van der Waals surface area contributed by atoms with Crippen LogP contribution in [0.15, 0.2) is 48.5 Å². The number of nitrogens with zero attached hydrogens (tertiary/aromatic N) is 1. The third-order valence-corrected chi connectivity index (χ3v) is 4.25. The van der Waals surface area contributed by atoms with E-state index >= 15 is 0 Å². The predicted octanol–water partition coefficient (Wildman–Crippen LogP) is 3.32. The first-order valence-electron chi connectivity index (χ1n) is 8.80. The van der Waals surface area contributed by atoms with Gasteiger partial charge in [-0.15, -0.1) is 0 Å². The zero-order valence-corrected chi connectivity index (χ0v) is 15.6. The van der Waals surface area contributed by atoms with Crippen molar-refractivity contribution in [1.82, 2.24) is 5.32 Å². The van der Waals surface area contributed by atoms with E-state index in [9.17, 15) is 9.59 Å². The highest BCUT2D eigenvalue weighted by molar-refractivity contribution is 5.92. The van der Waals surface area contributed by atoms with E-state index in [-0.39, 0.29) is 18.2 Å². The van der Waals surface area contributed by atoms with E-state index in [1.54, 1.807) is 12.0 Å². The minimum atomic E-state index is -0.0859. The number of nitrogens with one attached hydrogen (secondary N) is 1. The van der Waals surface area contributed by atoms with Crippen molar-refractivity contribution < 1.29 is 14.3 Å². The monoisotopic (exact) mass is 354 g/mol. The van der Waals surface area contributed by atoms with Crippen LogP contribution < -0.4 is 15.0 Å². The molecule has 0 aliphatic rings. The van der Waals surface area contributed by atoms with Crippen molar-refractivity contribution in [2.75, 3.05) is 18.6 Å². The van der Waals surface area contributed by atoms with Crippen molar-refractivity contribution in [3.63, 3.8) is 0 Å². The van der Waals surface area contributed by atoms with E-state index in [1.165, 1.54) is 12.5 Å². The number of ether oxygens (including phenoxy) is 1. The molecule has 0 unspecified atom stereocenters. The van der Waals surface area contributed by atoms with Gasteiger partial charge in [0.2, 0.25) is 11.8 Å². The number of rotatable bonds is 8. The summed E-state index contributed by atoms with van der Waals surface area (Å²) in [4.78, 5) is 25.7. The summed E-state index contributed by atoms with van der Waals surface area (Å²) in [6, 6.07) is 15.4. The quantitative estimate of drug-likeness (QED) is 0.791. The molecular weight excluding hydrogens is 328 g/mol. The van der Waals surface area contributed by atoms with Crippen molar-refractivity contribution >= 4 is 17.5 Å². The van der Waals surface area contributed by atoms with Gasteiger partial charge in [0, 0.05) is 32.1 Å². The lowest BCUT2D eigenvalue weighted by Gasteiger charge is -2.21.